The van der Waals surface area contributed by atoms with Crippen molar-refractivity contribution in [2.45, 2.75) is 0 Å². The average Bonchev–Trinajstić information content (AvgIpc) is 2.65. The molecule has 27 heavy (non-hydrogen) atoms. The lowest BCUT2D eigenvalue weighted by atomic mass is 10.2. The summed E-state index contributed by atoms with van der Waals surface area (Å²) >= 11 is 0. The van der Waals surface area contributed by atoms with Gasteiger partial charge in [-0.2, -0.15) is 0 Å². The Morgan fingerprint density at radius 2 is 1.85 bits per heavy atom. The predicted molar refractivity (Wildman–Crippen MR) is 108 cm³/mol. The number of fused-ring (bicyclic) bond motifs is 1. The van der Waals surface area contributed by atoms with E-state index in [0.29, 0.717) is 12.1 Å². The Labute approximate surface area is 168 Å². The first-order chi connectivity index (χ1) is 12.0. The van der Waals surface area contributed by atoms with Gasteiger partial charge >= 0.3 is 5.69 Å². The van der Waals surface area contributed by atoms with Gasteiger partial charge in [0.05, 0.1) is 10.9 Å². The van der Waals surface area contributed by atoms with Crippen LogP contribution in [-0.4, -0.2) is 64.2 Å². The number of nitrogens with zero attached hydrogens (tertiary/aromatic N) is 4. The number of halogens is 2. The van der Waals surface area contributed by atoms with Gasteiger partial charge < -0.3 is 10.6 Å². The van der Waals surface area contributed by atoms with Gasteiger partial charge in [0.15, 0.2) is 0 Å². The van der Waals surface area contributed by atoms with Crippen LogP contribution in [0.1, 0.15) is 10.4 Å². The quantitative estimate of drug-likeness (QED) is 0.667. The molecule has 0 radical (unpaired) electrons. The number of amides is 1. The molecule has 1 amide bonds. The molecule has 0 saturated carbocycles. The molecule has 1 fully saturated rings. The number of hydrogen-bond acceptors (Lipinski definition) is 6. The van der Waals surface area contributed by atoms with Crippen LogP contribution in [0.25, 0.3) is 11.0 Å². The fraction of sp³-hybridized carbons (Fsp3) is 0.500. The topological polar surface area (TPSA) is 101 Å². The molecule has 1 aliphatic heterocycles. The molecule has 2 N–H and O–H groups in total. The number of carbonyl (C=O) groups excluding carboxylic acids is 1. The number of rotatable bonds is 4. The van der Waals surface area contributed by atoms with Gasteiger partial charge in [0.1, 0.15) is 5.65 Å². The second-order valence-electron chi connectivity index (χ2n) is 6.15. The summed E-state index contributed by atoms with van der Waals surface area (Å²) in [6.45, 7) is 5.18. The number of hydrogen-bond donors (Lipinski definition) is 2. The molecule has 3 heterocycles. The van der Waals surface area contributed by atoms with Crippen LogP contribution >= 0.6 is 24.8 Å². The summed E-state index contributed by atoms with van der Waals surface area (Å²) in [7, 11) is 2.95. The highest BCUT2D eigenvalue weighted by atomic mass is 35.5. The molecule has 0 atom stereocenters. The highest BCUT2D eigenvalue weighted by Gasteiger charge is 2.14. The largest absolute Gasteiger partial charge is 0.351 e. The summed E-state index contributed by atoms with van der Waals surface area (Å²) in [6.07, 6.45) is 1.39. The van der Waals surface area contributed by atoms with Gasteiger partial charge in [0, 0.05) is 59.6 Å². The van der Waals surface area contributed by atoms with Crippen LogP contribution in [0, 0.1) is 0 Å². The lowest BCUT2D eigenvalue weighted by molar-refractivity contribution is 0.0947. The Morgan fingerprint density at radius 1 is 1.19 bits per heavy atom. The van der Waals surface area contributed by atoms with Crippen molar-refractivity contribution in [3.8, 4) is 0 Å². The van der Waals surface area contributed by atoms with Crippen molar-refractivity contribution in [3.05, 3.63) is 38.7 Å². The maximum absolute atomic E-state index is 12.3. The van der Waals surface area contributed by atoms with E-state index in [9.17, 15) is 14.4 Å². The number of piperazine rings is 1. The van der Waals surface area contributed by atoms with E-state index in [0.717, 1.165) is 37.3 Å². The fourth-order valence-electron chi connectivity index (χ4n) is 2.95. The van der Waals surface area contributed by atoms with Crippen molar-refractivity contribution in [2.24, 2.45) is 14.1 Å². The van der Waals surface area contributed by atoms with Gasteiger partial charge in [0.2, 0.25) is 0 Å². The van der Waals surface area contributed by atoms with Gasteiger partial charge in [-0.05, 0) is 6.07 Å². The zero-order valence-electron chi connectivity index (χ0n) is 15.2. The van der Waals surface area contributed by atoms with Gasteiger partial charge in [-0.15, -0.1) is 24.8 Å². The number of nitrogens with one attached hydrogen (secondary N) is 2. The van der Waals surface area contributed by atoms with E-state index in [1.807, 2.05) is 0 Å². The second-order valence-corrected chi connectivity index (χ2v) is 6.15. The lowest BCUT2D eigenvalue weighted by Crippen LogP contribution is -2.46. The van der Waals surface area contributed by atoms with Crippen molar-refractivity contribution >= 4 is 41.8 Å². The van der Waals surface area contributed by atoms with E-state index in [1.54, 1.807) is 7.05 Å². The summed E-state index contributed by atoms with van der Waals surface area (Å²) in [5.74, 6) is -0.277. The number of pyridine rings is 1. The molecule has 3 rings (SSSR count). The first kappa shape index (κ1) is 23.1. The Bertz CT molecular complexity index is 921. The zero-order chi connectivity index (χ0) is 18.0. The van der Waals surface area contributed by atoms with Gasteiger partial charge in [0.25, 0.3) is 11.5 Å². The third-order valence-electron chi connectivity index (χ3n) is 4.48. The number of carbonyl (C=O) groups is 1. The summed E-state index contributed by atoms with van der Waals surface area (Å²) in [6, 6.07) is 1.49. The highest BCUT2D eigenvalue weighted by Crippen LogP contribution is 2.07. The number of aromatic nitrogens is 3. The van der Waals surface area contributed by atoms with Gasteiger partial charge in [-0.3, -0.25) is 23.6 Å². The Kier molecular flexibility index (Phi) is 8.42. The summed E-state index contributed by atoms with van der Waals surface area (Å²) in [4.78, 5) is 42.9. The van der Waals surface area contributed by atoms with Crippen LogP contribution in [0.5, 0.6) is 0 Å². The van der Waals surface area contributed by atoms with E-state index >= 15 is 0 Å². The third kappa shape index (κ3) is 4.86. The Hall–Kier alpha value is -1.94. The van der Waals surface area contributed by atoms with Crippen molar-refractivity contribution in [3.63, 3.8) is 0 Å². The standard InChI is InChI=1S/C16H22N6O3.2ClH/c1-20-13-12(15(24)21(2)16(20)25)9-11(10-19-13)14(23)18-5-8-22-6-3-17-4-7-22;;/h9-10,17H,3-8H2,1-2H3,(H,18,23);2*1H. The Morgan fingerprint density at radius 3 is 2.52 bits per heavy atom. The molecule has 11 heteroatoms. The molecule has 2 aromatic heterocycles. The van der Waals surface area contributed by atoms with E-state index in [4.69, 9.17) is 0 Å². The monoisotopic (exact) mass is 418 g/mol. The molecule has 0 aliphatic carbocycles. The van der Waals surface area contributed by atoms with E-state index in [-0.39, 0.29) is 41.8 Å². The van der Waals surface area contributed by atoms with Crippen LogP contribution in [-0.2, 0) is 14.1 Å². The van der Waals surface area contributed by atoms with Crippen molar-refractivity contribution in [2.75, 3.05) is 39.3 Å². The van der Waals surface area contributed by atoms with Crippen LogP contribution in [0.15, 0.2) is 21.9 Å². The van der Waals surface area contributed by atoms with Gasteiger partial charge in [-0.25, -0.2) is 9.78 Å². The average molecular weight is 419 g/mol. The molecular formula is C16H24Cl2N6O3. The van der Waals surface area contributed by atoms with E-state index < -0.39 is 11.2 Å². The van der Waals surface area contributed by atoms with Crippen LogP contribution in [0.3, 0.4) is 0 Å². The smallest absolute Gasteiger partial charge is 0.332 e. The molecule has 2 aromatic rings. The summed E-state index contributed by atoms with van der Waals surface area (Å²) in [5.41, 5.74) is -0.326. The molecule has 0 unspecified atom stereocenters. The first-order valence-corrected chi connectivity index (χ1v) is 8.26. The minimum absolute atomic E-state index is 0. The van der Waals surface area contributed by atoms with Gasteiger partial charge in [-0.1, -0.05) is 0 Å². The van der Waals surface area contributed by atoms with Crippen molar-refractivity contribution < 1.29 is 4.79 Å². The predicted octanol–water partition coefficient (Wildman–Crippen LogP) is -0.889. The maximum Gasteiger partial charge on any atom is 0.332 e. The van der Waals surface area contributed by atoms with Crippen molar-refractivity contribution in [1.29, 1.82) is 0 Å². The normalized spacial score (nSPS) is 14.3. The molecular weight excluding hydrogens is 395 g/mol. The maximum atomic E-state index is 12.3. The molecule has 1 saturated heterocycles. The van der Waals surface area contributed by atoms with Crippen LogP contribution in [0.4, 0.5) is 0 Å². The minimum atomic E-state index is -0.457. The SMILES string of the molecule is Cl.Cl.Cn1c(=O)c2cc(C(=O)NCCN3CCNCC3)cnc2n(C)c1=O. The van der Waals surface area contributed by atoms with Crippen LogP contribution < -0.4 is 21.9 Å². The van der Waals surface area contributed by atoms with E-state index in [2.05, 4.69) is 20.5 Å². The molecule has 0 bridgehead atoms. The molecule has 1 aliphatic rings. The zero-order valence-corrected chi connectivity index (χ0v) is 16.9. The molecule has 9 nitrogen and oxygen atoms in total. The third-order valence-corrected chi connectivity index (χ3v) is 4.48. The fourth-order valence-corrected chi connectivity index (χ4v) is 2.95. The molecule has 0 spiro atoms. The summed E-state index contributed by atoms with van der Waals surface area (Å²) < 4.78 is 2.30. The second kappa shape index (κ2) is 9.84. The minimum Gasteiger partial charge on any atom is -0.351 e. The Balaban J connectivity index is 0.00000182. The first-order valence-electron chi connectivity index (χ1n) is 8.26. The van der Waals surface area contributed by atoms with Crippen LogP contribution in [0.2, 0.25) is 0 Å². The highest BCUT2D eigenvalue weighted by molar-refractivity contribution is 5.96. The van der Waals surface area contributed by atoms with Crippen molar-refractivity contribution in [1.82, 2.24) is 29.7 Å². The number of aryl methyl sites for hydroxylation is 1. The molecule has 0 aromatic carbocycles. The molecule has 150 valence electrons. The lowest BCUT2D eigenvalue weighted by Gasteiger charge is -2.27. The van der Waals surface area contributed by atoms with E-state index in [1.165, 1.54) is 23.9 Å². The summed E-state index contributed by atoms with van der Waals surface area (Å²) in [5, 5.41) is 6.38.